The molecule has 0 aliphatic heterocycles. The molecular weight excluding hydrogens is 454 g/mol. The number of nitrogens with two attached hydrogens (primary N) is 1. The Hall–Kier alpha value is -2.52. The summed E-state index contributed by atoms with van der Waals surface area (Å²) in [6.45, 7) is 0. The number of aliphatic carboxylic acids is 1. The maximum atomic E-state index is 11.3. The molecule has 9 heteroatoms. The number of aromatic nitrogens is 4. The summed E-state index contributed by atoms with van der Waals surface area (Å²) in [5, 5.41) is 16.8. The summed E-state index contributed by atoms with van der Waals surface area (Å²) in [6.07, 6.45) is 6.49. The maximum Gasteiger partial charge on any atom is 0.306 e. The Morgan fingerprint density at radius 3 is 2.83 bits per heavy atom. The Morgan fingerprint density at radius 1 is 1.28 bits per heavy atom. The number of halogens is 1. The summed E-state index contributed by atoms with van der Waals surface area (Å²) in [5.41, 5.74) is 9.77. The molecule has 0 radical (unpaired) electrons. The molecule has 1 saturated carbocycles. The molecule has 1 fully saturated rings. The van der Waals surface area contributed by atoms with Gasteiger partial charge in [0.2, 0.25) is 0 Å². The van der Waals surface area contributed by atoms with Gasteiger partial charge in [-0.15, -0.1) is 11.3 Å². The van der Waals surface area contributed by atoms with Crippen LogP contribution in [0.2, 0.25) is 0 Å². The molecular formula is C20H18BrN5O2S. The van der Waals surface area contributed by atoms with Crippen molar-refractivity contribution < 1.29 is 9.90 Å². The van der Waals surface area contributed by atoms with E-state index in [1.807, 2.05) is 17.6 Å². The van der Waals surface area contributed by atoms with Crippen molar-refractivity contribution in [2.45, 2.75) is 31.6 Å². The lowest BCUT2D eigenvalue weighted by atomic mass is 9.80. The lowest BCUT2D eigenvalue weighted by molar-refractivity contribution is -0.142. The van der Waals surface area contributed by atoms with E-state index in [-0.39, 0.29) is 11.8 Å². The average molecular weight is 472 g/mol. The second-order valence-electron chi connectivity index (χ2n) is 7.42. The van der Waals surface area contributed by atoms with E-state index in [0.29, 0.717) is 24.3 Å². The van der Waals surface area contributed by atoms with Crippen LogP contribution in [0.15, 0.2) is 34.4 Å². The average Bonchev–Trinajstić information content (AvgIpc) is 3.37. The van der Waals surface area contributed by atoms with Crippen LogP contribution in [0.25, 0.3) is 27.0 Å². The van der Waals surface area contributed by atoms with E-state index in [9.17, 15) is 9.90 Å². The summed E-state index contributed by atoms with van der Waals surface area (Å²) in [7, 11) is 0. The fourth-order valence-corrected chi connectivity index (χ4v) is 5.41. The number of nitrogens with zero attached hydrogens (tertiary/aromatic N) is 4. The van der Waals surface area contributed by atoms with Gasteiger partial charge < -0.3 is 10.8 Å². The molecule has 0 spiro atoms. The van der Waals surface area contributed by atoms with Crippen LogP contribution in [0, 0.1) is 5.92 Å². The van der Waals surface area contributed by atoms with Crippen LogP contribution in [0.4, 0.5) is 5.82 Å². The van der Waals surface area contributed by atoms with Crippen molar-refractivity contribution in [3.05, 3.63) is 40.1 Å². The number of carboxylic acids is 1. The van der Waals surface area contributed by atoms with Gasteiger partial charge in [0.15, 0.2) is 5.65 Å². The van der Waals surface area contributed by atoms with Gasteiger partial charge >= 0.3 is 5.97 Å². The van der Waals surface area contributed by atoms with E-state index in [4.69, 9.17) is 10.7 Å². The standard InChI is InChI=1S/C20H18BrN5O2S/c21-15-16(10-1-3-11(4-2-10)20(27)28)25-18-14(9-24-26(18)17(15)22)13-7-12-5-6-29-19(12)23-8-13/h5-11H,1-4,22H2,(H,27,28). The number of carbonyl (C=O) groups is 1. The Morgan fingerprint density at radius 2 is 2.07 bits per heavy atom. The van der Waals surface area contributed by atoms with Gasteiger partial charge in [-0.05, 0) is 59.1 Å². The second kappa shape index (κ2) is 7.07. The normalized spacial score (nSPS) is 19.8. The minimum atomic E-state index is -0.708. The van der Waals surface area contributed by atoms with Gasteiger partial charge in [0.25, 0.3) is 0 Å². The number of rotatable bonds is 3. The van der Waals surface area contributed by atoms with Gasteiger partial charge in [-0.3, -0.25) is 4.79 Å². The van der Waals surface area contributed by atoms with Crippen LogP contribution in [0.3, 0.4) is 0 Å². The topological polar surface area (TPSA) is 106 Å². The lowest BCUT2D eigenvalue weighted by Gasteiger charge is -2.26. The second-order valence-corrected chi connectivity index (χ2v) is 9.10. The minimum absolute atomic E-state index is 0.174. The Bertz CT molecular complexity index is 1240. The van der Waals surface area contributed by atoms with Crippen molar-refractivity contribution in [3.63, 3.8) is 0 Å². The molecule has 0 aromatic carbocycles. The van der Waals surface area contributed by atoms with Gasteiger partial charge in [-0.25, -0.2) is 9.97 Å². The molecule has 0 bridgehead atoms. The fraction of sp³-hybridized carbons (Fsp3) is 0.300. The van der Waals surface area contributed by atoms with Crippen LogP contribution >= 0.6 is 27.3 Å². The van der Waals surface area contributed by atoms with Crippen molar-refractivity contribution in [1.82, 2.24) is 19.6 Å². The van der Waals surface area contributed by atoms with Gasteiger partial charge in [0.1, 0.15) is 10.6 Å². The molecule has 0 atom stereocenters. The molecule has 1 aliphatic carbocycles. The summed E-state index contributed by atoms with van der Waals surface area (Å²) in [6, 6.07) is 4.14. The van der Waals surface area contributed by atoms with E-state index >= 15 is 0 Å². The monoisotopic (exact) mass is 471 g/mol. The number of hydrogen-bond donors (Lipinski definition) is 2. The van der Waals surface area contributed by atoms with Crippen molar-refractivity contribution in [2.75, 3.05) is 5.73 Å². The van der Waals surface area contributed by atoms with Crippen LogP contribution in [-0.2, 0) is 4.79 Å². The van der Waals surface area contributed by atoms with Crippen molar-refractivity contribution in [2.24, 2.45) is 5.92 Å². The Balaban J connectivity index is 1.59. The van der Waals surface area contributed by atoms with Crippen molar-refractivity contribution in [3.8, 4) is 11.1 Å². The highest BCUT2D eigenvalue weighted by Crippen LogP contribution is 2.40. The molecule has 0 amide bonds. The number of nitrogen functional groups attached to an aromatic ring is 1. The predicted octanol–water partition coefficient (Wildman–Crippen LogP) is 4.71. The molecule has 29 heavy (non-hydrogen) atoms. The highest BCUT2D eigenvalue weighted by atomic mass is 79.9. The number of thiophene rings is 1. The van der Waals surface area contributed by atoms with Crippen molar-refractivity contribution in [1.29, 1.82) is 0 Å². The van der Waals surface area contributed by atoms with Gasteiger partial charge in [0, 0.05) is 28.6 Å². The van der Waals surface area contributed by atoms with E-state index in [1.165, 1.54) is 0 Å². The van der Waals surface area contributed by atoms with Gasteiger partial charge in [-0.2, -0.15) is 9.61 Å². The van der Waals surface area contributed by atoms with Crippen molar-refractivity contribution >= 4 is 54.9 Å². The zero-order valence-electron chi connectivity index (χ0n) is 15.4. The summed E-state index contributed by atoms with van der Waals surface area (Å²) >= 11 is 5.21. The molecule has 5 rings (SSSR count). The number of pyridine rings is 1. The lowest BCUT2D eigenvalue weighted by Crippen LogP contribution is -2.21. The van der Waals surface area contributed by atoms with Gasteiger partial charge in [0.05, 0.1) is 22.3 Å². The molecule has 4 heterocycles. The summed E-state index contributed by atoms with van der Waals surface area (Å²) in [5.74, 6) is -0.298. The summed E-state index contributed by atoms with van der Waals surface area (Å²) < 4.78 is 2.38. The molecule has 0 unspecified atom stereocenters. The number of fused-ring (bicyclic) bond motifs is 2. The number of anilines is 1. The minimum Gasteiger partial charge on any atom is -0.481 e. The highest BCUT2D eigenvalue weighted by molar-refractivity contribution is 9.10. The largest absolute Gasteiger partial charge is 0.481 e. The van der Waals surface area contributed by atoms with E-state index in [1.54, 1.807) is 22.0 Å². The van der Waals surface area contributed by atoms with Crippen LogP contribution in [0.5, 0.6) is 0 Å². The van der Waals surface area contributed by atoms with Crippen LogP contribution in [0.1, 0.15) is 37.3 Å². The molecule has 7 nitrogen and oxygen atoms in total. The molecule has 4 aromatic heterocycles. The summed E-state index contributed by atoms with van der Waals surface area (Å²) in [4.78, 5) is 21.7. The first-order valence-corrected chi connectivity index (χ1v) is 11.1. The number of hydrogen-bond acceptors (Lipinski definition) is 6. The molecule has 4 aromatic rings. The van der Waals surface area contributed by atoms with Crippen LogP contribution < -0.4 is 5.73 Å². The Labute approximate surface area is 178 Å². The molecule has 1 aliphatic rings. The van der Waals surface area contributed by atoms with E-state index in [0.717, 1.165) is 44.4 Å². The van der Waals surface area contributed by atoms with E-state index < -0.39 is 5.97 Å². The Kier molecular flexibility index (Phi) is 4.51. The SMILES string of the molecule is Nc1c(Br)c(C2CCC(C(=O)O)CC2)nc2c(-c3cnc4sccc4c3)cnn12. The van der Waals surface area contributed by atoms with Gasteiger partial charge in [-0.1, -0.05) is 0 Å². The predicted molar refractivity (Wildman–Crippen MR) is 116 cm³/mol. The van der Waals surface area contributed by atoms with E-state index in [2.05, 4.69) is 32.1 Å². The smallest absolute Gasteiger partial charge is 0.306 e. The quantitative estimate of drug-likeness (QED) is 0.447. The molecule has 148 valence electrons. The fourth-order valence-electron chi connectivity index (χ4n) is 4.11. The highest BCUT2D eigenvalue weighted by Gasteiger charge is 2.30. The first-order chi connectivity index (χ1) is 14.0. The third-order valence-corrected chi connectivity index (χ3v) is 7.38. The maximum absolute atomic E-state index is 11.3. The van der Waals surface area contributed by atoms with Crippen LogP contribution in [-0.4, -0.2) is 30.7 Å². The molecule has 0 saturated heterocycles. The number of carboxylic acid groups (broad SMARTS) is 1. The first kappa shape index (κ1) is 18.5. The molecule has 3 N–H and O–H groups in total. The third kappa shape index (κ3) is 3.08. The zero-order valence-corrected chi connectivity index (χ0v) is 17.8. The third-order valence-electron chi connectivity index (χ3n) is 5.73. The first-order valence-electron chi connectivity index (χ1n) is 9.42. The zero-order chi connectivity index (χ0) is 20.1.